The van der Waals surface area contributed by atoms with Crippen LogP contribution in [0.3, 0.4) is 0 Å². The van der Waals surface area contributed by atoms with Gasteiger partial charge in [-0.2, -0.15) is 0 Å². The van der Waals surface area contributed by atoms with Gasteiger partial charge in [-0.25, -0.2) is 9.97 Å². The maximum absolute atomic E-state index is 4.62. The van der Waals surface area contributed by atoms with Crippen LogP contribution in [0.1, 0.15) is 37.1 Å². The summed E-state index contributed by atoms with van der Waals surface area (Å²) in [5.74, 6) is 3.22. The summed E-state index contributed by atoms with van der Waals surface area (Å²) in [6, 6.07) is 10.4. The lowest BCUT2D eigenvalue weighted by molar-refractivity contribution is 0.932. The quantitative estimate of drug-likeness (QED) is 0.868. The Morgan fingerprint density at radius 3 is 2.40 bits per heavy atom. The van der Waals surface area contributed by atoms with Gasteiger partial charge in [-0.1, -0.05) is 19.1 Å². The van der Waals surface area contributed by atoms with Gasteiger partial charge < -0.3 is 10.6 Å². The van der Waals surface area contributed by atoms with Crippen molar-refractivity contribution in [2.75, 3.05) is 17.7 Å². The first-order valence-electron chi connectivity index (χ1n) is 7.21. The number of anilines is 3. The maximum atomic E-state index is 4.62. The first kappa shape index (κ1) is 12.9. The van der Waals surface area contributed by atoms with E-state index in [4.69, 9.17) is 0 Å². The average Bonchev–Trinajstić information content (AvgIpc) is 3.32. The van der Waals surface area contributed by atoms with Gasteiger partial charge in [0.2, 0.25) is 0 Å². The Morgan fingerprint density at radius 2 is 1.80 bits per heavy atom. The van der Waals surface area contributed by atoms with Crippen molar-refractivity contribution >= 4 is 17.3 Å². The molecule has 2 N–H and O–H groups in total. The minimum absolute atomic E-state index is 0.548. The van der Waals surface area contributed by atoms with E-state index in [9.17, 15) is 0 Å². The van der Waals surface area contributed by atoms with E-state index >= 15 is 0 Å². The molecule has 1 aliphatic rings. The van der Waals surface area contributed by atoms with Crippen molar-refractivity contribution in [1.82, 2.24) is 9.97 Å². The van der Waals surface area contributed by atoms with E-state index in [0.29, 0.717) is 5.92 Å². The number of aryl methyl sites for hydroxylation is 1. The predicted molar refractivity (Wildman–Crippen MR) is 82.7 cm³/mol. The Balaban J connectivity index is 1.83. The minimum Gasteiger partial charge on any atom is -0.373 e. The lowest BCUT2D eigenvalue weighted by Crippen LogP contribution is -2.03. The van der Waals surface area contributed by atoms with Crippen molar-refractivity contribution in [2.24, 2.45) is 0 Å². The molecule has 0 aliphatic heterocycles. The van der Waals surface area contributed by atoms with Crippen molar-refractivity contribution in [1.29, 1.82) is 0 Å². The van der Waals surface area contributed by atoms with Crippen LogP contribution in [0.4, 0.5) is 17.3 Å². The van der Waals surface area contributed by atoms with Gasteiger partial charge in [-0.15, -0.1) is 0 Å². The molecule has 1 aromatic carbocycles. The fourth-order valence-corrected chi connectivity index (χ4v) is 2.15. The van der Waals surface area contributed by atoms with E-state index in [1.165, 1.54) is 18.4 Å². The molecule has 0 saturated heterocycles. The van der Waals surface area contributed by atoms with Crippen LogP contribution in [0.25, 0.3) is 0 Å². The number of nitrogens with one attached hydrogen (secondary N) is 2. The molecule has 2 aromatic rings. The van der Waals surface area contributed by atoms with Gasteiger partial charge >= 0.3 is 0 Å². The first-order valence-corrected chi connectivity index (χ1v) is 7.21. The molecule has 1 aliphatic carbocycles. The monoisotopic (exact) mass is 268 g/mol. The van der Waals surface area contributed by atoms with Crippen LogP contribution in [0.2, 0.25) is 0 Å². The third-order valence-corrected chi connectivity index (χ3v) is 3.58. The molecule has 0 atom stereocenters. The van der Waals surface area contributed by atoms with Crippen LogP contribution < -0.4 is 10.6 Å². The Kier molecular flexibility index (Phi) is 3.54. The molecule has 4 nitrogen and oxygen atoms in total. The highest BCUT2D eigenvalue weighted by Crippen LogP contribution is 2.39. The number of rotatable bonds is 5. The molecule has 0 amide bonds. The lowest BCUT2D eigenvalue weighted by Gasteiger charge is -2.10. The summed E-state index contributed by atoms with van der Waals surface area (Å²) in [5, 5.41) is 6.47. The van der Waals surface area contributed by atoms with Gasteiger partial charge in [0.25, 0.3) is 0 Å². The van der Waals surface area contributed by atoms with Crippen LogP contribution in [-0.4, -0.2) is 17.0 Å². The topological polar surface area (TPSA) is 49.8 Å². The SMILES string of the molecule is CCc1ccc(Nc2cc(NC)nc(C3CC3)n2)cc1. The maximum Gasteiger partial charge on any atom is 0.136 e. The fourth-order valence-electron chi connectivity index (χ4n) is 2.15. The molecule has 1 aromatic heterocycles. The second kappa shape index (κ2) is 5.49. The molecule has 0 bridgehead atoms. The first-order chi connectivity index (χ1) is 9.78. The molecule has 0 radical (unpaired) electrons. The molecular weight excluding hydrogens is 248 g/mol. The number of hydrogen-bond donors (Lipinski definition) is 2. The second-order valence-corrected chi connectivity index (χ2v) is 5.20. The second-order valence-electron chi connectivity index (χ2n) is 5.20. The molecule has 1 saturated carbocycles. The normalized spacial score (nSPS) is 14.1. The summed E-state index contributed by atoms with van der Waals surface area (Å²) in [7, 11) is 1.89. The molecule has 4 heteroatoms. The van der Waals surface area contributed by atoms with E-state index in [-0.39, 0.29) is 0 Å². The Hall–Kier alpha value is -2.10. The van der Waals surface area contributed by atoms with Gasteiger partial charge in [0.1, 0.15) is 17.5 Å². The molecular formula is C16H20N4. The fraction of sp³-hybridized carbons (Fsp3) is 0.375. The molecule has 3 rings (SSSR count). The van der Waals surface area contributed by atoms with Crippen molar-refractivity contribution in [2.45, 2.75) is 32.1 Å². The van der Waals surface area contributed by atoms with Gasteiger partial charge in [-0.3, -0.25) is 0 Å². The molecule has 1 heterocycles. The molecule has 1 fully saturated rings. The van der Waals surface area contributed by atoms with Crippen LogP contribution >= 0.6 is 0 Å². The molecule has 20 heavy (non-hydrogen) atoms. The highest BCUT2D eigenvalue weighted by molar-refractivity contribution is 5.59. The minimum atomic E-state index is 0.548. The number of hydrogen-bond acceptors (Lipinski definition) is 4. The van der Waals surface area contributed by atoms with Crippen LogP contribution in [-0.2, 0) is 6.42 Å². The molecule has 0 unspecified atom stereocenters. The van der Waals surface area contributed by atoms with E-state index in [0.717, 1.165) is 29.6 Å². The number of benzene rings is 1. The lowest BCUT2D eigenvalue weighted by atomic mass is 10.1. The van der Waals surface area contributed by atoms with Crippen molar-refractivity contribution in [3.8, 4) is 0 Å². The summed E-state index contributed by atoms with van der Waals surface area (Å²) in [6.45, 7) is 2.16. The van der Waals surface area contributed by atoms with E-state index in [2.05, 4.69) is 51.8 Å². The largest absolute Gasteiger partial charge is 0.373 e. The number of nitrogens with zero attached hydrogens (tertiary/aromatic N) is 2. The Morgan fingerprint density at radius 1 is 1.10 bits per heavy atom. The van der Waals surface area contributed by atoms with E-state index in [1.807, 2.05) is 13.1 Å². The number of aromatic nitrogens is 2. The van der Waals surface area contributed by atoms with Gasteiger partial charge in [-0.05, 0) is 37.0 Å². The zero-order valence-electron chi connectivity index (χ0n) is 12.0. The average molecular weight is 268 g/mol. The Labute approximate surface area is 119 Å². The predicted octanol–water partition coefficient (Wildman–Crippen LogP) is 3.70. The zero-order chi connectivity index (χ0) is 13.9. The Bertz CT molecular complexity index is 588. The smallest absolute Gasteiger partial charge is 0.136 e. The third-order valence-electron chi connectivity index (χ3n) is 3.58. The third kappa shape index (κ3) is 2.90. The summed E-state index contributed by atoms with van der Waals surface area (Å²) in [5.41, 5.74) is 2.40. The highest BCUT2D eigenvalue weighted by Gasteiger charge is 2.27. The van der Waals surface area contributed by atoms with Crippen molar-refractivity contribution in [3.63, 3.8) is 0 Å². The van der Waals surface area contributed by atoms with Gasteiger partial charge in [0.15, 0.2) is 0 Å². The van der Waals surface area contributed by atoms with Crippen LogP contribution in [0.5, 0.6) is 0 Å². The summed E-state index contributed by atoms with van der Waals surface area (Å²) < 4.78 is 0. The van der Waals surface area contributed by atoms with Crippen LogP contribution in [0, 0.1) is 0 Å². The summed E-state index contributed by atoms with van der Waals surface area (Å²) in [4.78, 5) is 9.14. The summed E-state index contributed by atoms with van der Waals surface area (Å²) >= 11 is 0. The summed E-state index contributed by atoms with van der Waals surface area (Å²) in [6.07, 6.45) is 3.47. The van der Waals surface area contributed by atoms with Gasteiger partial charge in [0.05, 0.1) is 0 Å². The molecule has 0 spiro atoms. The highest BCUT2D eigenvalue weighted by atomic mass is 15.1. The zero-order valence-corrected chi connectivity index (χ0v) is 12.0. The molecule has 104 valence electrons. The van der Waals surface area contributed by atoms with Gasteiger partial charge in [0, 0.05) is 24.7 Å². The van der Waals surface area contributed by atoms with E-state index < -0.39 is 0 Å². The van der Waals surface area contributed by atoms with E-state index in [1.54, 1.807) is 0 Å². The van der Waals surface area contributed by atoms with Crippen LogP contribution in [0.15, 0.2) is 30.3 Å². The van der Waals surface area contributed by atoms with Crippen molar-refractivity contribution < 1.29 is 0 Å². The van der Waals surface area contributed by atoms with Crippen molar-refractivity contribution in [3.05, 3.63) is 41.7 Å². The standard InChI is InChI=1S/C16H20N4/c1-3-11-4-8-13(9-5-11)18-15-10-14(17-2)19-16(20-15)12-6-7-12/h4-5,8-10,12H,3,6-7H2,1-2H3,(H2,17,18,19,20).